The lowest BCUT2D eigenvalue weighted by atomic mass is 10.1. The lowest BCUT2D eigenvalue weighted by Gasteiger charge is -2.25. The van der Waals surface area contributed by atoms with Crippen LogP contribution in [0.4, 0.5) is 4.79 Å². The second kappa shape index (κ2) is 9.02. The molecule has 0 radical (unpaired) electrons. The molecule has 130 valence electrons. The van der Waals surface area contributed by atoms with Gasteiger partial charge in [-0.15, -0.1) is 0 Å². The molecule has 1 aliphatic heterocycles. The number of carbonyl (C=O) groups excluding carboxylic acids is 1. The standard InChI is InChI=1S/C17H25N5O2/c1-22(2)15(11-13-3-5-16(23)6-4-13)12-19-17(24)18-9-7-14-8-10-20-21-14/h3-6,8,15,23H,7,9-12H2,1-2H3,(H2,18,19,24)/t15-/m0/s1. The van der Waals surface area contributed by atoms with E-state index in [0.717, 1.165) is 17.7 Å². The Bertz CT molecular complexity index is 596. The Morgan fingerprint density at radius 3 is 2.67 bits per heavy atom. The van der Waals surface area contributed by atoms with Crippen molar-refractivity contribution >= 4 is 6.03 Å². The first-order valence-corrected chi connectivity index (χ1v) is 8.07. The number of amides is 2. The third kappa shape index (κ3) is 6.00. The molecule has 24 heavy (non-hydrogen) atoms. The van der Waals surface area contributed by atoms with Crippen molar-refractivity contribution in [3.8, 4) is 5.75 Å². The van der Waals surface area contributed by atoms with E-state index in [1.54, 1.807) is 12.1 Å². The normalized spacial score (nSPS) is 14.5. The molecule has 0 bridgehead atoms. The topological polar surface area (TPSA) is 89.3 Å². The van der Waals surface area contributed by atoms with Crippen molar-refractivity contribution < 1.29 is 9.90 Å². The molecule has 7 heteroatoms. The maximum absolute atomic E-state index is 11.9. The van der Waals surface area contributed by atoms with Crippen molar-refractivity contribution in [2.75, 3.05) is 33.7 Å². The zero-order chi connectivity index (χ0) is 17.4. The van der Waals surface area contributed by atoms with Gasteiger partial charge in [0, 0.05) is 25.6 Å². The molecule has 1 aromatic carbocycles. The quantitative estimate of drug-likeness (QED) is 0.680. The zero-order valence-corrected chi connectivity index (χ0v) is 14.2. The largest absolute Gasteiger partial charge is 0.508 e. The molecule has 1 atom stereocenters. The number of benzene rings is 1. The fourth-order valence-electron chi connectivity index (χ4n) is 2.39. The molecule has 1 aliphatic rings. The van der Waals surface area contributed by atoms with Crippen LogP contribution in [0.15, 0.2) is 46.3 Å². The molecule has 0 unspecified atom stereocenters. The number of phenolic OH excluding ortho intramolecular Hbond substituents is 1. The van der Waals surface area contributed by atoms with Crippen LogP contribution < -0.4 is 10.6 Å². The number of carbonyl (C=O) groups is 1. The summed E-state index contributed by atoms with van der Waals surface area (Å²) in [5.41, 5.74) is 2.04. The number of nitrogens with zero attached hydrogens (tertiary/aromatic N) is 3. The van der Waals surface area contributed by atoms with Crippen molar-refractivity contribution in [2.45, 2.75) is 18.9 Å². The molecule has 0 aromatic heterocycles. The molecule has 1 aromatic rings. The second-order valence-corrected chi connectivity index (χ2v) is 5.99. The van der Waals surface area contributed by atoms with E-state index < -0.39 is 0 Å². The number of azo groups is 1. The van der Waals surface area contributed by atoms with Gasteiger partial charge in [0.15, 0.2) is 0 Å². The van der Waals surface area contributed by atoms with Crippen molar-refractivity contribution in [3.63, 3.8) is 0 Å². The fourth-order valence-corrected chi connectivity index (χ4v) is 2.39. The summed E-state index contributed by atoms with van der Waals surface area (Å²) >= 11 is 0. The highest BCUT2D eigenvalue weighted by atomic mass is 16.3. The molecular formula is C17H25N5O2. The smallest absolute Gasteiger partial charge is 0.314 e. The molecule has 0 spiro atoms. The minimum absolute atomic E-state index is 0.173. The van der Waals surface area contributed by atoms with Crippen molar-refractivity contribution in [1.29, 1.82) is 0 Å². The highest BCUT2D eigenvalue weighted by Crippen LogP contribution is 2.12. The first kappa shape index (κ1) is 17.9. The number of nitrogens with one attached hydrogen (secondary N) is 2. The van der Waals surface area contributed by atoms with Gasteiger partial charge in [-0.25, -0.2) is 4.79 Å². The van der Waals surface area contributed by atoms with Gasteiger partial charge in [-0.3, -0.25) is 0 Å². The monoisotopic (exact) mass is 331 g/mol. The molecule has 2 rings (SSSR count). The third-order valence-corrected chi connectivity index (χ3v) is 3.91. The van der Waals surface area contributed by atoms with Crippen LogP contribution in [0.2, 0.25) is 0 Å². The van der Waals surface area contributed by atoms with Crippen molar-refractivity contribution in [2.24, 2.45) is 10.2 Å². The summed E-state index contributed by atoms with van der Waals surface area (Å²) in [4.78, 5) is 14.0. The van der Waals surface area contributed by atoms with Crippen LogP contribution in [-0.4, -0.2) is 55.8 Å². The Morgan fingerprint density at radius 2 is 2.04 bits per heavy atom. The van der Waals surface area contributed by atoms with Gasteiger partial charge in [0.1, 0.15) is 5.75 Å². The van der Waals surface area contributed by atoms with Gasteiger partial charge < -0.3 is 20.6 Å². The van der Waals surface area contributed by atoms with Crippen LogP contribution in [0.3, 0.4) is 0 Å². The van der Waals surface area contributed by atoms with Gasteiger partial charge >= 0.3 is 6.03 Å². The average Bonchev–Trinajstić information content (AvgIpc) is 3.06. The number of likely N-dealkylation sites (N-methyl/N-ethyl adjacent to an activating group) is 1. The summed E-state index contributed by atoms with van der Waals surface area (Å²) in [6.07, 6.45) is 3.45. The molecular weight excluding hydrogens is 306 g/mol. The molecule has 1 heterocycles. The van der Waals surface area contributed by atoms with E-state index in [0.29, 0.717) is 26.1 Å². The van der Waals surface area contributed by atoms with E-state index >= 15 is 0 Å². The van der Waals surface area contributed by atoms with E-state index in [1.165, 1.54) is 0 Å². The Balaban J connectivity index is 1.72. The van der Waals surface area contributed by atoms with E-state index in [9.17, 15) is 9.90 Å². The van der Waals surface area contributed by atoms with Crippen LogP contribution in [0, 0.1) is 0 Å². The van der Waals surface area contributed by atoms with Crippen molar-refractivity contribution in [1.82, 2.24) is 15.5 Å². The number of urea groups is 1. The first-order valence-electron chi connectivity index (χ1n) is 8.07. The maximum atomic E-state index is 11.9. The Labute approximate surface area is 142 Å². The second-order valence-electron chi connectivity index (χ2n) is 5.99. The summed E-state index contributed by atoms with van der Waals surface area (Å²) < 4.78 is 0. The predicted molar refractivity (Wildman–Crippen MR) is 93.1 cm³/mol. The van der Waals surface area contributed by atoms with E-state index in [1.807, 2.05) is 32.3 Å². The Hall–Kier alpha value is -2.41. The summed E-state index contributed by atoms with van der Waals surface area (Å²) in [5.74, 6) is 0.259. The van der Waals surface area contributed by atoms with Crippen LogP contribution in [0.1, 0.15) is 12.0 Å². The van der Waals surface area contributed by atoms with Gasteiger partial charge in [0.05, 0.1) is 12.2 Å². The van der Waals surface area contributed by atoms with Gasteiger partial charge in [-0.1, -0.05) is 12.1 Å². The first-order chi connectivity index (χ1) is 11.5. The van der Waals surface area contributed by atoms with Crippen LogP contribution in [-0.2, 0) is 6.42 Å². The van der Waals surface area contributed by atoms with Crippen LogP contribution in [0.5, 0.6) is 5.75 Å². The highest BCUT2D eigenvalue weighted by molar-refractivity contribution is 5.73. The zero-order valence-electron chi connectivity index (χ0n) is 14.2. The minimum Gasteiger partial charge on any atom is -0.508 e. The minimum atomic E-state index is -0.178. The number of hydrogen-bond acceptors (Lipinski definition) is 5. The molecule has 0 aliphatic carbocycles. The predicted octanol–water partition coefficient (Wildman–Crippen LogP) is 1.90. The number of rotatable bonds is 8. The SMILES string of the molecule is CN(C)[C@H](CNC(=O)NCCC1=CCN=N1)Cc1ccc(O)cc1. The van der Waals surface area contributed by atoms with E-state index in [2.05, 4.69) is 25.8 Å². The summed E-state index contributed by atoms with van der Waals surface area (Å²) in [5, 5.41) is 22.9. The Morgan fingerprint density at radius 1 is 1.29 bits per heavy atom. The number of hydrogen-bond donors (Lipinski definition) is 3. The van der Waals surface area contributed by atoms with Crippen LogP contribution in [0.25, 0.3) is 0 Å². The molecule has 0 saturated heterocycles. The lowest BCUT2D eigenvalue weighted by molar-refractivity contribution is 0.232. The average molecular weight is 331 g/mol. The van der Waals surface area contributed by atoms with Gasteiger partial charge in [-0.05, 0) is 44.3 Å². The molecule has 0 fully saturated rings. The van der Waals surface area contributed by atoms with Gasteiger partial charge in [-0.2, -0.15) is 10.2 Å². The summed E-state index contributed by atoms with van der Waals surface area (Å²) in [6.45, 7) is 1.73. The van der Waals surface area contributed by atoms with Crippen molar-refractivity contribution in [3.05, 3.63) is 41.6 Å². The highest BCUT2D eigenvalue weighted by Gasteiger charge is 2.14. The van der Waals surface area contributed by atoms with E-state index in [-0.39, 0.29) is 17.8 Å². The summed E-state index contributed by atoms with van der Waals surface area (Å²) in [7, 11) is 3.98. The number of aromatic hydroxyl groups is 1. The van der Waals surface area contributed by atoms with Crippen LogP contribution >= 0.6 is 0 Å². The Kier molecular flexibility index (Phi) is 6.74. The fraction of sp³-hybridized carbons (Fsp3) is 0.471. The number of phenols is 1. The molecule has 0 saturated carbocycles. The summed E-state index contributed by atoms with van der Waals surface area (Å²) in [6, 6.07) is 7.15. The maximum Gasteiger partial charge on any atom is 0.314 e. The molecule has 2 amide bonds. The van der Waals surface area contributed by atoms with E-state index in [4.69, 9.17) is 0 Å². The third-order valence-electron chi connectivity index (χ3n) is 3.91. The van der Waals surface area contributed by atoms with Gasteiger partial charge in [0.25, 0.3) is 0 Å². The lowest BCUT2D eigenvalue weighted by Crippen LogP contribution is -2.45. The molecule has 3 N–H and O–H groups in total. The van der Waals surface area contributed by atoms with Gasteiger partial charge in [0.2, 0.25) is 0 Å². The molecule has 7 nitrogen and oxygen atoms in total.